The lowest BCUT2D eigenvalue weighted by Crippen LogP contribution is -2.39. The summed E-state index contributed by atoms with van der Waals surface area (Å²) in [5.41, 5.74) is 2.97. The summed E-state index contributed by atoms with van der Waals surface area (Å²) in [6, 6.07) is 3.77. The van der Waals surface area contributed by atoms with E-state index in [2.05, 4.69) is 38.8 Å². The molecule has 178 valence electrons. The van der Waals surface area contributed by atoms with Gasteiger partial charge in [-0.1, -0.05) is 13.3 Å². The van der Waals surface area contributed by atoms with Gasteiger partial charge in [0.2, 0.25) is 16.8 Å². The molecular formula is C24H29N7O2S. The van der Waals surface area contributed by atoms with E-state index in [0.29, 0.717) is 17.0 Å². The maximum absolute atomic E-state index is 6.23. The van der Waals surface area contributed by atoms with Crippen LogP contribution in [0.1, 0.15) is 38.7 Å². The Morgan fingerprint density at radius 1 is 1.18 bits per heavy atom. The third-order valence-corrected chi connectivity index (χ3v) is 7.08. The van der Waals surface area contributed by atoms with E-state index in [1.807, 2.05) is 30.7 Å². The van der Waals surface area contributed by atoms with Gasteiger partial charge in [0.15, 0.2) is 0 Å². The van der Waals surface area contributed by atoms with E-state index < -0.39 is 0 Å². The van der Waals surface area contributed by atoms with Gasteiger partial charge in [-0.05, 0) is 55.1 Å². The van der Waals surface area contributed by atoms with E-state index in [4.69, 9.17) is 14.5 Å². The Labute approximate surface area is 202 Å². The molecule has 1 saturated heterocycles. The lowest BCUT2D eigenvalue weighted by molar-refractivity contribution is 0.131. The fraction of sp³-hybridized carbons (Fsp3) is 0.458. The van der Waals surface area contributed by atoms with Gasteiger partial charge < -0.3 is 14.4 Å². The molecule has 1 fully saturated rings. The number of aromatic nitrogens is 6. The minimum absolute atomic E-state index is 0.0785. The van der Waals surface area contributed by atoms with Crippen LogP contribution in [-0.4, -0.2) is 55.9 Å². The number of hydrogen-bond acceptors (Lipinski definition) is 9. The summed E-state index contributed by atoms with van der Waals surface area (Å²) in [5.74, 6) is 1.85. The highest BCUT2D eigenvalue weighted by Crippen LogP contribution is 2.30. The molecule has 0 aliphatic carbocycles. The summed E-state index contributed by atoms with van der Waals surface area (Å²) >= 11 is 1.46. The quantitative estimate of drug-likeness (QED) is 0.370. The monoisotopic (exact) mass is 479 g/mol. The maximum atomic E-state index is 6.23. The van der Waals surface area contributed by atoms with Crippen molar-refractivity contribution in [2.75, 3.05) is 25.1 Å². The molecule has 9 nitrogen and oxygen atoms in total. The Kier molecular flexibility index (Phi) is 6.57. The Morgan fingerprint density at radius 2 is 1.97 bits per heavy atom. The molecule has 0 spiro atoms. The zero-order valence-corrected chi connectivity index (χ0v) is 20.5. The van der Waals surface area contributed by atoms with Gasteiger partial charge >= 0.3 is 0 Å². The fourth-order valence-electron chi connectivity index (χ4n) is 4.30. The van der Waals surface area contributed by atoms with E-state index in [-0.39, 0.29) is 6.10 Å². The summed E-state index contributed by atoms with van der Waals surface area (Å²) in [4.78, 5) is 21.1. The van der Waals surface area contributed by atoms with E-state index in [0.717, 1.165) is 60.9 Å². The van der Waals surface area contributed by atoms with Gasteiger partial charge in [-0.3, -0.25) is 0 Å². The number of piperidine rings is 1. The second-order valence-corrected chi connectivity index (χ2v) is 9.52. The standard InChI is InChI=1S/C24H29N7O2S/c1-4-5-17-13-26-22(27-14-17)30-10-7-18(8-11-30)16(2)33-24-29-31-15-20(28-23(31)34-24)19-6-9-25-21(12-19)32-3/h6,9,12-16,18H,4-5,7-8,10-11H2,1-3H3. The molecule has 1 aliphatic rings. The molecule has 0 N–H and O–H groups in total. The van der Waals surface area contributed by atoms with Gasteiger partial charge in [0.25, 0.3) is 5.19 Å². The van der Waals surface area contributed by atoms with E-state index in [1.165, 1.54) is 16.9 Å². The average Bonchev–Trinajstić information content (AvgIpc) is 3.44. The van der Waals surface area contributed by atoms with Crippen molar-refractivity contribution in [1.29, 1.82) is 0 Å². The first-order valence-corrected chi connectivity index (χ1v) is 12.5. The van der Waals surface area contributed by atoms with Crippen molar-refractivity contribution in [3.8, 4) is 22.3 Å². The largest absolute Gasteiger partial charge is 0.481 e. The van der Waals surface area contributed by atoms with Gasteiger partial charge in [0, 0.05) is 43.3 Å². The highest BCUT2D eigenvalue weighted by molar-refractivity contribution is 7.18. The number of aryl methyl sites for hydroxylation is 1. The van der Waals surface area contributed by atoms with Crippen molar-refractivity contribution >= 4 is 22.2 Å². The number of ether oxygens (including phenoxy) is 2. The minimum atomic E-state index is 0.0785. The van der Waals surface area contributed by atoms with Crippen molar-refractivity contribution < 1.29 is 9.47 Å². The topological polar surface area (TPSA) is 90.6 Å². The molecular weight excluding hydrogens is 450 g/mol. The van der Waals surface area contributed by atoms with Crippen LogP contribution < -0.4 is 14.4 Å². The van der Waals surface area contributed by atoms with Crippen LogP contribution in [0.25, 0.3) is 16.2 Å². The summed E-state index contributed by atoms with van der Waals surface area (Å²) < 4.78 is 13.2. The average molecular weight is 480 g/mol. The second-order valence-electron chi connectivity index (χ2n) is 8.60. The van der Waals surface area contributed by atoms with E-state index in [9.17, 15) is 0 Å². The molecule has 1 atom stereocenters. The smallest absolute Gasteiger partial charge is 0.294 e. The SMILES string of the molecule is CCCc1cnc(N2CCC(C(C)Oc3nn4cc(-c5ccnc(OC)c5)nc4s3)CC2)nc1. The summed E-state index contributed by atoms with van der Waals surface area (Å²) in [5, 5.41) is 5.24. The van der Waals surface area contributed by atoms with Crippen LogP contribution in [0.4, 0.5) is 5.95 Å². The Morgan fingerprint density at radius 3 is 2.68 bits per heavy atom. The van der Waals surface area contributed by atoms with Crippen LogP contribution in [0.5, 0.6) is 11.1 Å². The highest BCUT2D eigenvalue weighted by atomic mass is 32.1. The van der Waals surface area contributed by atoms with Crippen LogP contribution in [0.3, 0.4) is 0 Å². The number of pyridine rings is 1. The number of imidazole rings is 1. The molecule has 1 aliphatic heterocycles. The number of hydrogen-bond donors (Lipinski definition) is 0. The zero-order chi connectivity index (χ0) is 23.5. The first-order valence-electron chi connectivity index (χ1n) is 11.7. The first kappa shape index (κ1) is 22.5. The van der Waals surface area contributed by atoms with E-state index >= 15 is 0 Å². The third-order valence-electron chi connectivity index (χ3n) is 6.27. The predicted octanol–water partition coefficient (Wildman–Crippen LogP) is 4.29. The molecule has 5 heterocycles. The Bertz CT molecular complexity index is 1200. The molecule has 0 amide bonds. The molecule has 0 radical (unpaired) electrons. The van der Waals surface area contributed by atoms with Crippen LogP contribution in [0, 0.1) is 5.92 Å². The summed E-state index contributed by atoms with van der Waals surface area (Å²) in [6.45, 7) is 6.18. The van der Waals surface area contributed by atoms with E-state index in [1.54, 1.807) is 17.8 Å². The lowest BCUT2D eigenvalue weighted by atomic mass is 9.92. The molecule has 0 saturated carbocycles. The van der Waals surface area contributed by atoms with Crippen molar-refractivity contribution in [1.82, 2.24) is 29.5 Å². The van der Waals surface area contributed by atoms with Crippen LogP contribution >= 0.6 is 11.3 Å². The lowest BCUT2D eigenvalue weighted by Gasteiger charge is -2.34. The van der Waals surface area contributed by atoms with Gasteiger partial charge in [-0.15, -0.1) is 5.10 Å². The second kappa shape index (κ2) is 9.92. The molecule has 1 unspecified atom stereocenters. The molecule has 0 bridgehead atoms. The first-order chi connectivity index (χ1) is 16.6. The van der Waals surface area contributed by atoms with Gasteiger partial charge in [-0.25, -0.2) is 24.5 Å². The van der Waals surface area contributed by atoms with Gasteiger partial charge in [0.05, 0.1) is 19.0 Å². The fourth-order valence-corrected chi connectivity index (χ4v) is 5.12. The normalized spacial score (nSPS) is 15.6. The highest BCUT2D eigenvalue weighted by Gasteiger charge is 2.27. The number of rotatable bonds is 8. The zero-order valence-electron chi connectivity index (χ0n) is 19.7. The Hall–Kier alpha value is -3.27. The summed E-state index contributed by atoms with van der Waals surface area (Å²) in [7, 11) is 1.60. The van der Waals surface area contributed by atoms with Crippen molar-refractivity contribution in [2.24, 2.45) is 5.92 Å². The number of methoxy groups -OCH3 is 1. The molecule has 0 aromatic carbocycles. The van der Waals surface area contributed by atoms with Gasteiger partial charge in [-0.2, -0.15) is 0 Å². The van der Waals surface area contributed by atoms with Crippen molar-refractivity contribution in [3.05, 3.63) is 42.5 Å². The Balaban J connectivity index is 1.18. The minimum Gasteiger partial charge on any atom is -0.481 e. The van der Waals surface area contributed by atoms with Crippen molar-refractivity contribution in [3.63, 3.8) is 0 Å². The predicted molar refractivity (Wildman–Crippen MR) is 132 cm³/mol. The van der Waals surface area contributed by atoms with Crippen LogP contribution in [0.15, 0.2) is 36.9 Å². The maximum Gasteiger partial charge on any atom is 0.294 e. The molecule has 5 rings (SSSR count). The number of anilines is 1. The third kappa shape index (κ3) is 4.82. The molecule has 34 heavy (non-hydrogen) atoms. The number of nitrogens with zero attached hydrogens (tertiary/aromatic N) is 7. The van der Waals surface area contributed by atoms with Crippen LogP contribution in [-0.2, 0) is 6.42 Å². The number of fused-ring (bicyclic) bond motifs is 1. The molecule has 10 heteroatoms. The summed E-state index contributed by atoms with van der Waals surface area (Å²) in [6.07, 6.45) is 11.8. The van der Waals surface area contributed by atoms with Gasteiger partial charge in [0.1, 0.15) is 6.10 Å². The van der Waals surface area contributed by atoms with Crippen molar-refractivity contribution in [2.45, 2.75) is 45.6 Å². The van der Waals surface area contributed by atoms with Crippen LogP contribution in [0.2, 0.25) is 0 Å². The molecule has 4 aromatic heterocycles. The molecule has 4 aromatic rings.